The first kappa shape index (κ1) is 13.6. The minimum absolute atomic E-state index is 0.0780. The van der Waals surface area contributed by atoms with Gasteiger partial charge in [0.1, 0.15) is 5.82 Å². The molecular formula is C14H22ClN3. The average molecular weight is 268 g/mol. The fourth-order valence-electron chi connectivity index (χ4n) is 2.07. The first-order chi connectivity index (χ1) is 8.46. The minimum Gasteiger partial charge on any atom is -0.357 e. The smallest absolute Gasteiger partial charge is 0.128 e. The molecule has 1 aliphatic heterocycles. The van der Waals surface area contributed by atoms with Crippen LogP contribution in [0.3, 0.4) is 0 Å². The molecule has 100 valence electrons. The number of aromatic nitrogens is 1. The van der Waals surface area contributed by atoms with Gasteiger partial charge in [-0.15, -0.1) is 0 Å². The monoisotopic (exact) mass is 267 g/mol. The molecule has 18 heavy (non-hydrogen) atoms. The summed E-state index contributed by atoms with van der Waals surface area (Å²) in [4.78, 5) is 7.02. The van der Waals surface area contributed by atoms with Crippen LogP contribution in [0.1, 0.15) is 39.3 Å². The van der Waals surface area contributed by atoms with Gasteiger partial charge in [-0.25, -0.2) is 4.98 Å². The SMILES string of the molecule is CC(C)(C)NCc1nc(N2CCCC2)ccc1Cl. The summed E-state index contributed by atoms with van der Waals surface area (Å²) in [5, 5.41) is 4.18. The van der Waals surface area contributed by atoms with Crippen molar-refractivity contribution in [2.75, 3.05) is 18.0 Å². The molecule has 2 rings (SSSR count). The third-order valence-corrected chi connectivity index (χ3v) is 3.46. The van der Waals surface area contributed by atoms with Crippen molar-refractivity contribution in [3.05, 3.63) is 22.8 Å². The van der Waals surface area contributed by atoms with E-state index in [1.165, 1.54) is 12.8 Å². The summed E-state index contributed by atoms with van der Waals surface area (Å²) in [6, 6.07) is 3.98. The van der Waals surface area contributed by atoms with Crippen molar-refractivity contribution in [2.24, 2.45) is 0 Å². The second-order valence-electron chi connectivity index (χ2n) is 5.90. The number of anilines is 1. The molecule has 0 atom stereocenters. The molecule has 0 unspecified atom stereocenters. The Morgan fingerprint density at radius 1 is 1.28 bits per heavy atom. The van der Waals surface area contributed by atoms with Gasteiger partial charge in [0.25, 0.3) is 0 Å². The lowest BCUT2D eigenvalue weighted by atomic mass is 10.1. The van der Waals surface area contributed by atoms with E-state index in [1.807, 2.05) is 12.1 Å². The third kappa shape index (κ3) is 3.59. The summed E-state index contributed by atoms with van der Waals surface area (Å²) in [7, 11) is 0. The van der Waals surface area contributed by atoms with Gasteiger partial charge in [0.15, 0.2) is 0 Å². The van der Waals surface area contributed by atoms with Gasteiger partial charge in [0, 0.05) is 25.2 Å². The first-order valence-corrected chi connectivity index (χ1v) is 6.99. The van der Waals surface area contributed by atoms with Gasteiger partial charge in [-0.1, -0.05) is 11.6 Å². The van der Waals surface area contributed by atoms with Crippen LogP contribution in [-0.2, 0) is 6.54 Å². The van der Waals surface area contributed by atoms with Crippen molar-refractivity contribution in [1.82, 2.24) is 10.3 Å². The summed E-state index contributed by atoms with van der Waals surface area (Å²) in [6.45, 7) is 9.37. The Labute approximate surface area is 115 Å². The van der Waals surface area contributed by atoms with E-state index >= 15 is 0 Å². The maximum atomic E-state index is 6.21. The quantitative estimate of drug-likeness (QED) is 0.911. The Morgan fingerprint density at radius 2 is 1.94 bits per heavy atom. The fourth-order valence-corrected chi connectivity index (χ4v) is 2.24. The highest BCUT2D eigenvalue weighted by atomic mass is 35.5. The van der Waals surface area contributed by atoms with E-state index in [-0.39, 0.29) is 5.54 Å². The molecule has 1 fully saturated rings. The number of nitrogens with one attached hydrogen (secondary N) is 1. The maximum absolute atomic E-state index is 6.21. The van der Waals surface area contributed by atoms with Crippen LogP contribution in [0.4, 0.5) is 5.82 Å². The van der Waals surface area contributed by atoms with E-state index < -0.39 is 0 Å². The summed E-state index contributed by atoms with van der Waals surface area (Å²) in [5.41, 5.74) is 1.02. The van der Waals surface area contributed by atoms with E-state index in [1.54, 1.807) is 0 Å². The summed E-state index contributed by atoms with van der Waals surface area (Å²) >= 11 is 6.21. The largest absolute Gasteiger partial charge is 0.357 e. The Hall–Kier alpha value is -0.800. The van der Waals surface area contributed by atoms with Gasteiger partial charge in [-0.05, 0) is 45.7 Å². The second-order valence-corrected chi connectivity index (χ2v) is 6.30. The molecule has 1 saturated heterocycles. The fraction of sp³-hybridized carbons (Fsp3) is 0.643. The second kappa shape index (κ2) is 5.45. The molecule has 0 amide bonds. The van der Waals surface area contributed by atoms with Crippen LogP contribution in [0.25, 0.3) is 0 Å². The van der Waals surface area contributed by atoms with E-state index in [0.717, 1.165) is 29.6 Å². The van der Waals surface area contributed by atoms with Crippen molar-refractivity contribution < 1.29 is 0 Å². The Kier molecular flexibility index (Phi) is 4.13. The topological polar surface area (TPSA) is 28.2 Å². The molecule has 3 nitrogen and oxygen atoms in total. The van der Waals surface area contributed by atoms with Crippen molar-refractivity contribution >= 4 is 17.4 Å². The lowest BCUT2D eigenvalue weighted by Crippen LogP contribution is -2.35. The molecule has 0 spiro atoms. The molecule has 1 aliphatic rings. The molecule has 0 bridgehead atoms. The van der Waals surface area contributed by atoms with Crippen LogP contribution in [0.2, 0.25) is 5.02 Å². The molecule has 0 aliphatic carbocycles. The van der Waals surface area contributed by atoms with Gasteiger partial charge >= 0.3 is 0 Å². The molecule has 1 N–H and O–H groups in total. The van der Waals surface area contributed by atoms with E-state index in [0.29, 0.717) is 6.54 Å². The molecule has 1 aromatic rings. The Bertz CT molecular complexity index is 406. The number of hydrogen-bond acceptors (Lipinski definition) is 3. The van der Waals surface area contributed by atoms with Gasteiger partial charge in [0.05, 0.1) is 10.7 Å². The van der Waals surface area contributed by atoms with Crippen LogP contribution in [0.5, 0.6) is 0 Å². The van der Waals surface area contributed by atoms with E-state index in [4.69, 9.17) is 11.6 Å². The molecular weight excluding hydrogens is 246 g/mol. The molecule has 0 saturated carbocycles. The van der Waals surface area contributed by atoms with Crippen LogP contribution in [0, 0.1) is 0 Å². The van der Waals surface area contributed by atoms with E-state index in [2.05, 4.69) is 36.0 Å². The Balaban J connectivity index is 2.11. The average Bonchev–Trinajstić information content (AvgIpc) is 2.80. The van der Waals surface area contributed by atoms with Gasteiger partial charge < -0.3 is 10.2 Å². The maximum Gasteiger partial charge on any atom is 0.128 e. The normalized spacial score (nSPS) is 16.3. The van der Waals surface area contributed by atoms with E-state index in [9.17, 15) is 0 Å². The zero-order valence-electron chi connectivity index (χ0n) is 11.5. The zero-order chi connectivity index (χ0) is 13.2. The van der Waals surface area contributed by atoms with Gasteiger partial charge in [-0.3, -0.25) is 0 Å². The highest BCUT2D eigenvalue weighted by Gasteiger charge is 2.16. The molecule has 0 aromatic carbocycles. The van der Waals surface area contributed by atoms with Crippen molar-refractivity contribution in [3.8, 4) is 0 Å². The van der Waals surface area contributed by atoms with Gasteiger partial charge in [0.2, 0.25) is 0 Å². The van der Waals surface area contributed by atoms with Crippen LogP contribution in [-0.4, -0.2) is 23.6 Å². The number of rotatable bonds is 3. The van der Waals surface area contributed by atoms with Crippen molar-refractivity contribution in [3.63, 3.8) is 0 Å². The van der Waals surface area contributed by atoms with Crippen molar-refractivity contribution in [2.45, 2.75) is 45.7 Å². The molecule has 0 radical (unpaired) electrons. The third-order valence-electron chi connectivity index (χ3n) is 3.12. The minimum atomic E-state index is 0.0780. The predicted molar refractivity (Wildman–Crippen MR) is 77.3 cm³/mol. The summed E-state index contributed by atoms with van der Waals surface area (Å²) in [5.74, 6) is 1.06. The molecule has 2 heterocycles. The van der Waals surface area contributed by atoms with Crippen LogP contribution >= 0.6 is 11.6 Å². The number of nitrogens with zero attached hydrogens (tertiary/aromatic N) is 2. The lowest BCUT2D eigenvalue weighted by Gasteiger charge is -2.22. The number of hydrogen-bond donors (Lipinski definition) is 1. The Morgan fingerprint density at radius 3 is 2.56 bits per heavy atom. The highest BCUT2D eigenvalue weighted by molar-refractivity contribution is 6.31. The summed E-state index contributed by atoms with van der Waals surface area (Å²) < 4.78 is 0. The number of halogens is 1. The first-order valence-electron chi connectivity index (χ1n) is 6.61. The van der Waals surface area contributed by atoms with Gasteiger partial charge in [-0.2, -0.15) is 0 Å². The number of pyridine rings is 1. The summed E-state index contributed by atoms with van der Waals surface area (Å²) in [6.07, 6.45) is 2.53. The molecule has 4 heteroatoms. The van der Waals surface area contributed by atoms with Crippen molar-refractivity contribution in [1.29, 1.82) is 0 Å². The van der Waals surface area contributed by atoms with Crippen LogP contribution in [0.15, 0.2) is 12.1 Å². The molecule has 1 aromatic heterocycles. The lowest BCUT2D eigenvalue weighted by molar-refractivity contribution is 0.421. The highest BCUT2D eigenvalue weighted by Crippen LogP contribution is 2.22. The standard InChI is InChI=1S/C14H22ClN3/c1-14(2,3)16-10-12-11(15)6-7-13(17-12)18-8-4-5-9-18/h6-7,16H,4-5,8-10H2,1-3H3. The van der Waals surface area contributed by atoms with Crippen LogP contribution < -0.4 is 10.2 Å². The zero-order valence-corrected chi connectivity index (χ0v) is 12.2. The predicted octanol–water partition coefficient (Wildman–Crippen LogP) is 3.22.